The average Bonchev–Trinajstić information content (AvgIpc) is 2.74. The van der Waals surface area contributed by atoms with Crippen LogP contribution in [-0.2, 0) is 13.0 Å². The van der Waals surface area contributed by atoms with Gasteiger partial charge in [0.2, 0.25) is 0 Å². The predicted molar refractivity (Wildman–Crippen MR) is 112 cm³/mol. The second kappa shape index (κ2) is 9.55. The van der Waals surface area contributed by atoms with Crippen molar-refractivity contribution < 1.29 is 9.53 Å². The van der Waals surface area contributed by atoms with E-state index in [1.807, 2.05) is 54.6 Å². The Hall–Kier alpha value is -3.34. The normalized spacial score (nSPS) is 10.4. The van der Waals surface area contributed by atoms with E-state index in [-0.39, 0.29) is 5.91 Å². The number of carbonyl (C=O) groups excluding carboxylic acids is 1. The highest BCUT2D eigenvalue weighted by Gasteiger charge is 2.13. The predicted octanol–water partition coefficient (Wildman–Crippen LogP) is 4.02. The molecule has 1 amide bonds. The van der Waals surface area contributed by atoms with Gasteiger partial charge in [-0.15, -0.1) is 0 Å². The van der Waals surface area contributed by atoms with Gasteiger partial charge in [0.1, 0.15) is 5.75 Å². The van der Waals surface area contributed by atoms with Crippen molar-refractivity contribution in [3.05, 3.63) is 89.7 Å². The second-order valence-corrected chi connectivity index (χ2v) is 6.64. The van der Waals surface area contributed by atoms with Crippen LogP contribution in [0, 0.1) is 0 Å². The molecule has 0 fully saturated rings. The molecule has 0 aliphatic carbocycles. The number of pyridine rings is 1. The van der Waals surface area contributed by atoms with Crippen LogP contribution in [-0.4, -0.2) is 36.5 Å². The molecule has 0 unspecified atom stereocenters. The molecule has 5 nitrogen and oxygen atoms in total. The molecule has 0 saturated heterocycles. The minimum Gasteiger partial charge on any atom is -0.497 e. The lowest BCUT2D eigenvalue weighted by Gasteiger charge is -2.17. The first-order valence-electron chi connectivity index (χ1n) is 9.27. The highest BCUT2D eigenvalue weighted by atomic mass is 16.5. The summed E-state index contributed by atoms with van der Waals surface area (Å²) in [5, 5.41) is 3.34. The molecule has 2 aromatic carbocycles. The van der Waals surface area contributed by atoms with Crippen molar-refractivity contribution in [2.45, 2.75) is 13.0 Å². The Morgan fingerprint density at radius 1 is 1.04 bits per heavy atom. The third-order valence-corrected chi connectivity index (χ3v) is 4.47. The van der Waals surface area contributed by atoms with E-state index in [9.17, 15) is 4.79 Å². The summed E-state index contributed by atoms with van der Waals surface area (Å²) < 4.78 is 5.25. The molecule has 3 rings (SSSR count). The molecule has 0 aliphatic rings. The smallest absolute Gasteiger partial charge is 0.255 e. The van der Waals surface area contributed by atoms with Crippen LogP contribution in [0.4, 0.5) is 5.69 Å². The Morgan fingerprint density at radius 3 is 2.61 bits per heavy atom. The van der Waals surface area contributed by atoms with Gasteiger partial charge >= 0.3 is 0 Å². The van der Waals surface area contributed by atoms with E-state index in [1.165, 1.54) is 5.56 Å². The standard InChI is InChI=1S/C23H25N3O2/c1-26(17-19-7-4-3-5-8-19)23(27)20-14-21(16-24-15-20)25-12-11-18-9-6-10-22(13-18)28-2/h3-10,13-16,25H,11-12,17H2,1-2H3. The maximum atomic E-state index is 12.7. The van der Waals surface area contributed by atoms with Gasteiger partial charge in [0, 0.05) is 32.5 Å². The minimum atomic E-state index is -0.0483. The zero-order chi connectivity index (χ0) is 19.8. The average molecular weight is 375 g/mol. The number of nitrogens with one attached hydrogen (secondary N) is 1. The van der Waals surface area contributed by atoms with E-state index in [2.05, 4.69) is 16.4 Å². The molecule has 5 heteroatoms. The lowest BCUT2D eigenvalue weighted by Crippen LogP contribution is -2.26. The van der Waals surface area contributed by atoms with Crippen molar-refractivity contribution in [1.29, 1.82) is 0 Å². The molecule has 0 radical (unpaired) electrons. The first-order valence-corrected chi connectivity index (χ1v) is 9.27. The Labute approximate surface area is 166 Å². The maximum Gasteiger partial charge on any atom is 0.255 e. The highest BCUT2D eigenvalue weighted by molar-refractivity contribution is 5.94. The van der Waals surface area contributed by atoms with Gasteiger partial charge in [0.05, 0.1) is 18.4 Å². The summed E-state index contributed by atoms with van der Waals surface area (Å²) in [4.78, 5) is 18.6. The highest BCUT2D eigenvalue weighted by Crippen LogP contribution is 2.15. The molecule has 144 valence electrons. The molecule has 1 heterocycles. The molecule has 3 aromatic rings. The van der Waals surface area contributed by atoms with Crippen molar-refractivity contribution in [1.82, 2.24) is 9.88 Å². The minimum absolute atomic E-state index is 0.0483. The summed E-state index contributed by atoms with van der Waals surface area (Å²) in [7, 11) is 3.47. The fourth-order valence-electron chi connectivity index (χ4n) is 2.98. The molecule has 1 aromatic heterocycles. The van der Waals surface area contributed by atoms with Crippen LogP contribution >= 0.6 is 0 Å². The van der Waals surface area contributed by atoms with Crippen molar-refractivity contribution >= 4 is 11.6 Å². The van der Waals surface area contributed by atoms with Gasteiger partial charge in [-0.3, -0.25) is 9.78 Å². The SMILES string of the molecule is COc1cccc(CCNc2cncc(C(=O)N(C)Cc3ccccc3)c2)c1. The lowest BCUT2D eigenvalue weighted by molar-refractivity contribution is 0.0784. The van der Waals surface area contributed by atoms with Crippen molar-refractivity contribution in [3.8, 4) is 5.75 Å². The quantitative estimate of drug-likeness (QED) is 0.646. The number of anilines is 1. The number of hydrogen-bond acceptors (Lipinski definition) is 4. The van der Waals surface area contributed by atoms with E-state index >= 15 is 0 Å². The van der Waals surface area contributed by atoms with Gasteiger partial charge < -0.3 is 15.0 Å². The van der Waals surface area contributed by atoms with Crippen molar-refractivity contribution in [3.63, 3.8) is 0 Å². The van der Waals surface area contributed by atoms with Gasteiger partial charge in [0.25, 0.3) is 5.91 Å². The monoisotopic (exact) mass is 375 g/mol. The number of hydrogen-bond donors (Lipinski definition) is 1. The molecule has 0 aliphatic heterocycles. The van der Waals surface area contributed by atoms with E-state index < -0.39 is 0 Å². The summed E-state index contributed by atoms with van der Waals surface area (Å²) in [6.07, 6.45) is 4.19. The van der Waals surface area contributed by atoms with Gasteiger partial charge in [-0.2, -0.15) is 0 Å². The van der Waals surface area contributed by atoms with Crippen LogP contribution in [0.25, 0.3) is 0 Å². The van der Waals surface area contributed by atoms with Crippen LogP contribution in [0.5, 0.6) is 5.75 Å². The number of rotatable bonds is 8. The Morgan fingerprint density at radius 2 is 1.82 bits per heavy atom. The van der Waals surface area contributed by atoms with Crippen LogP contribution in [0.2, 0.25) is 0 Å². The molecule has 0 bridgehead atoms. The number of ether oxygens (including phenoxy) is 1. The fourth-order valence-corrected chi connectivity index (χ4v) is 2.98. The number of benzene rings is 2. The first kappa shape index (κ1) is 19.4. The molecular formula is C23H25N3O2. The molecule has 0 saturated carbocycles. The van der Waals surface area contributed by atoms with Crippen LogP contribution in [0.15, 0.2) is 73.1 Å². The van der Waals surface area contributed by atoms with E-state index in [1.54, 1.807) is 31.5 Å². The Balaban J connectivity index is 1.57. The summed E-state index contributed by atoms with van der Waals surface area (Å²) in [6.45, 7) is 1.31. The number of nitrogens with zero attached hydrogens (tertiary/aromatic N) is 2. The van der Waals surface area contributed by atoms with E-state index in [0.717, 1.165) is 30.0 Å². The maximum absolute atomic E-state index is 12.7. The third kappa shape index (κ3) is 5.33. The number of amides is 1. The first-order chi connectivity index (χ1) is 13.7. The summed E-state index contributed by atoms with van der Waals surface area (Å²) in [5.41, 5.74) is 3.69. The third-order valence-electron chi connectivity index (χ3n) is 4.47. The zero-order valence-corrected chi connectivity index (χ0v) is 16.3. The molecule has 0 atom stereocenters. The zero-order valence-electron chi connectivity index (χ0n) is 16.3. The topological polar surface area (TPSA) is 54.5 Å². The van der Waals surface area contributed by atoms with Crippen LogP contribution < -0.4 is 10.1 Å². The number of aromatic nitrogens is 1. The number of carbonyl (C=O) groups is 1. The molecular weight excluding hydrogens is 350 g/mol. The summed E-state index contributed by atoms with van der Waals surface area (Å²) in [5.74, 6) is 0.806. The fraction of sp³-hybridized carbons (Fsp3) is 0.217. The Bertz CT molecular complexity index is 912. The Kier molecular flexibility index (Phi) is 6.63. The number of methoxy groups -OCH3 is 1. The molecule has 28 heavy (non-hydrogen) atoms. The molecule has 1 N–H and O–H groups in total. The summed E-state index contributed by atoms with van der Waals surface area (Å²) in [6, 6.07) is 19.8. The van der Waals surface area contributed by atoms with Gasteiger partial charge in [-0.1, -0.05) is 42.5 Å². The largest absolute Gasteiger partial charge is 0.497 e. The van der Waals surface area contributed by atoms with Gasteiger partial charge in [-0.05, 0) is 35.7 Å². The van der Waals surface area contributed by atoms with Crippen molar-refractivity contribution in [2.24, 2.45) is 0 Å². The van der Waals surface area contributed by atoms with Gasteiger partial charge in [0.15, 0.2) is 0 Å². The van der Waals surface area contributed by atoms with Crippen molar-refractivity contribution in [2.75, 3.05) is 26.0 Å². The second-order valence-electron chi connectivity index (χ2n) is 6.64. The van der Waals surface area contributed by atoms with Crippen LogP contribution in [0.1, 0.15) is 21.5 Å². The van der Waals surface area contributed by atoms with Crippen LogP contribution in [0.3, 0.4) is 0 Å². The lowest BCUT2D eigenvalue weighted by atomic mass is 10.1. The van der Waals surface area contributed by atoms with E-state index in [4.69, 9.17) is 4.74 Å². The molecule has 0 spiro atoms. The van der Waals surface area contributed by atoms with E-state index in [0.29, 0.717) is 12.1 Å². The summed E-state index contributed by atoms with van der Waals surface area (Å²) >= 11 is 0. The van der Waals surface area contributed by atoms with Gasteiger partial charge in [-0.25, -0.2) is 0 Å².